The molecule has 0 saturated carbocycles. The lowest BCUT2D eigenvalue weighted by molar-refractivity contribution is 0.426. The van der Waals surface area contributed by atoms with Gasteiger partial charge in [-0.1, -0.05) is 74.4 Å². The number of hydrogen-bond acceptors (Lipinski definition) is 2. The van der Waals surface area contributed by atoms with Crippen molar-refractivity contribution in [2.24, 2.45) is 0 Å². The minimum atomic E-state index is -1.54. The molecule has 0 atom stereocenters. The van der Waals surface area contributed by atoms with E-state index >= 15 is 0 Å². The molecule has 112 valence electrons. The average Bonchev–Trinajstić information content (AvgIpc) is 2.53. The number of hydrogen-bond donors (Lipinski definition) is 2. The summed E-state index contributed by atoms with van der Waals surface area (Å²) in [5.41, 5.74) is 3.85. The van der Waals surface area contributed by atoms with E-state index in [1.165, 1.54) is 0 Å². The van der Waals surface area contributed by atoms with Gasteiger partial charge in [0.15, 0.2) is 0 Å². The Labute approximate surface area is 133 Å². The summed E-state index contributed by atoms with van der Waals surface area (Å²) in [5, 5.41) is 19.0. The quantitative estimate of drug-likeness (QED) is 0.598. The smallest absolute Gasteiger partial charge is 0.423 e. The van der Waals surface area contributed by atoms with E-state index in [1.54, 1.807) is 30.4 Å². The van der Waals surface area contributed by atoms with E-state index in [-0.39, 0.29) is 0 Å². The standard InChI is InChI=1S/C19H21BO2/c1-5-9-11-16(8-4)18-12-17(15(7-3)10-6-2)13-19(14-18)20(21)22/h5-14,21-22H,2-4H2,1H3/b9-5-,15-10+,16-11+. The minimum Gasteiger partial charge on any atom is -0.423 e. The normalized spacial score (nSPS) is 12.3. The SMILES string of the molecule is C=C/C=C(\C=C)c1cc(B(O)O)cc(/C(C=C)=C/C=C\C)c1. The van der Waals surface area contributed by atoms with Crippen molar-refractivity contribution >= 4 is 23.7 Å². The van der Waals surface area contributed by atoms with Crippen LogP contribution in [0.5, 0.6) is 0 Å². The fourth-order valence-electron chi connectivity index (χ4n) is 2.03. The Kier molecular flexibility index (Phi) is 7.10. The third-order valence-corrected chi connectivity index (χ3v) is 3.13. The molecule has 0 heterocycles. The van der Waals surface area contributed by atoms with Gasteiger partial charge >= 0.3 is 7.12 Å². The van der Waals surface area contributed by atoms with Crippen molar-refractivity contribution in [2.75, 3.05) is 0 Å². The van der Waals surface area contributed by atoms with E-state index in [0.29, 0.717) is 5.46 Å². The molecule has 0 unspecified atom stereocenters. The van der Waals surface area contributed by atoms with E-state index in [2.05, 4.69) is 19.7 Å². The van der Waals surface area contributed by atoms with Crippen LogP contribution in [0.2, 0.25) is 0 Å². The molecule has 0 fully saturated rings. The molecular formula is C19H21BO2. The molecule has 0 aliphatic heterocycles. The van der Waals surface area contributed by atoms with E-state index in [1.807, 2.05) is 37.3 Å². The zero-order valence-electron chi connectivity index (χ0n) is 12.9. The fraction of sp³-hybridized carbons (Fsp3) is 0.0526. The largest absolute Gasteiger partial charge is 0.488 e. The topological polar surface area (TPSA) is 40.5 Å². The van der Waals surface area contributed by atoms with Gasteiger partial charge in [0.1, 0.15) is 0 Å². The lowest BCUT2D eigenvalue weighted by atomic mass is 9.77. The van der Waals surface area contributed by atoms with Crippen LogP contribution in [0, 0.1) is 0 Å². The molecule has 0 aliphatic carbocycles. The maximum atomic E-state index is 9.52. The van der Waals surface area contributed by atoms with Crippen LogP contribution < -0.4 is 5.46 Å². The maximum Gasteiger partial charge on any atom is 0.488 e. The van der Waals surface area contributed by atoms with Crippen LogP contribution in [0.25, 0.3) is 11.1 Å². The molecule has 0 aliphatic rings. The molecule has 0 bridgehead atoms. The Morgan fingerprint density at radius 2 is 1.50 bits per heavy atom. The van der Waals surface area contributed by atoms with Gasteiger partial charge in [-0.3, -0.25) is 0 Å². The molecule has 22 heavy (non-hydrogen) atoms. The van der Waals surface area contributed by atoms with Gasteiger partial charge in [-0.15, -0.1) is 0 Å². The van der Waals surface area contributed by atoms with Gasteiger partial charge in [-0.05, 0) is 40.7 Å². The molecule has 0 saturated heterocycles. The van der Waals surface area contributed by atoms with Crippen molar-refractivity contribution < 1.29 is 10.0 Å². The highest BCUT2D eigenvalue weighted by Crippen LogP contribution is 2.22. The summed E-state index contributed by atoms with van der Waals surface area (Å²) >= 11 is 0. The zero-order valence-corrected chi connectivity index (χ0v) is 12.9. The number of allylic oxidation sites excluding steroid dienone is 9. The molecule has 0 amide bonds. The van der Waals surface area contributed by atoms with Gasteiger partial charge in [0.25, 0.3) is 0 Å². The summed E-state index contributed by atoms with van der Waals surface area (Å²) < 4.78 is 0. The molecule has 0 radical (unpaired) electrons. The third kappa shape index (κ3) is 4.59. The predicted molar refractivity (Wildman–Crippen MR) is 97.6 cm³/mol. The summed E-state index contributed by atoms with van der Waals surface area (Å²) in [5.74, 6) is 0. The van der Waals surface area contributed by atoms with E-state index in [0.717, 1.165) is 22.3 Å². The second kappa shape index (κ2) is 8.83. The lowest BCUT2D eigenvalue weighted by Gasteiger charge is -2.11. The Morgan fingerprint density at radius 3 is 1.91 bits per heavy atom. The van der Waals surface area contributed by atoms with Crippen molar-refractivity contribution in [3.63, 3.8) is 0 Å². The summed E-state index contributed by atoms with van der Waals surface area (Å²) in [7, 11) is -1.54. The Bertz CT molecular complexity index is 649. The van der Waals surface area contributed by atoms with Gasteiger partial charge < -0.3 is 10.0 Å². The van der Waals surface area contributed by atoms with Crippen LogP contribution in [0.1, 0.15) is 18.1 Å². The molecule has 2 N–H and O–H groups in total. The van der Waals surface area contributed by atoms with E-state index in [9.17, 15) is 10.0 Å². The Hall–Kier alpha value is -2.36. The van der Waals surface area contributed by atoms with Gasteiger partial charge in [0, 0.05) is 0 Å². The first-order chi connectivity index (χ1) is 10.6. The van der Waals surface area contributed by atoms with Crippen molar-refractivity contribution in [1.82, 2.24) is 0 Å². The second-order valence-electron chi connectivity index (χ2n) is 4.63. The molecule has 1 rings (SSSR count). The van der Waals surface area contributed by atoms with Crippen LogP contribution in [0.4, 0.5) is 0 Å². The summed E-state index contributed by atoms with van der Waals surface area (Å²) in [6.45, 7) is 13.2. The molecule has 1 aromatic carbocycles. The van der Waals surface area contributed by atoms with E-state index in [4.69, 9.17) is 0 Å². The molecule has 1 aromatic rings. The first kappa shape index (κ1) is 17.7. The van der Waals surface area contributed by atoms with Crippen LogP contribution in [0.3, 0.4) is 0 Å². The summed E-state index contributed by atoms with van der Waals surface area (Å²) in [6, 6.07) is 5.42. The number of rotatable bonds is 7. The molecule has 0 aromatic heterocycles. The first-order valence-electron chi connectivity index (χ1n) is 6.99. The highest BCUT2D eigenvalue weighted by atomic mass is 16.4. The lowest BCUT2D eigenvalue weighted by Crippen LogP contribution is -2.30. The van der Waals surface area contributed by atoms with Gasteiger partial charge in [0.05, 0.1) is 0 Å². The maximum absolute atomic E-state index is 9.52. The van der Waals surface area contributed by atoms with Crippen LogP contribution in [-0.2, 0) is 0 Å². The Morgan fingerprint density at radius 1 is 0.955 bits per heavy atom. The van der Waals surface area contributed by atoms with Crippen LogP contribution in [-0.4, -0.2) is 17.2 Å². The van der Waals surface area contributed by atoms with Gasteiger partial charge in [0.2, 0.25) is 0 Å². The monoisotopic (exact) mass is 292 g/mol. The molecular weight excluding hydrogens is 271 g/mol. The van der Waals surface area contributed by atoms with Crippen molar-refractivity contribution in [1.29, 1.82) is 0 Å². The molecule has 0 spiro atoms. The average molecular weight is 292 g/mol. The van der Waals surface area contributed by atoms with Gasteiger partial charge in [-0.2, -0.15) is 0 Å². The highest BCUT2D eigenvalue weighted by molar-refractivity contribution is 6.58. The van der Waals surface area contributed by atoms with Crippen molar-refractivity contribution in [3.8, 4) is 0 Å². The van der Waals surface area contributed by atoms with Crippen molar-refractivity contribution in [2.45, 2.75) is 6.92 Å². The predicted octanol–water partition coefficient (Wildman–Crippen LogP) is 3.27. The number of benzene rings is 1. The summed E-state index contributed by atoms with van der Waals surface area (Å²) in [6.07, 6.45) is 12.7. The van der Waals surface area contributed by atoms with Crippen LogP contribution in [0.15, 0.2) is 80.5 Å². The van der Waals surface area contributed by atoms with Crippen LogP contribution >= 0.6 is 0 Å². The summed E-state index contributed by atoms with van der Waals surface area (Å²) in [4.78, 5) is 0. The minimum absolute atomic E-state index is 0.414. The fourth-order valence-corrected chi connectivity index (χ4v) is 2.03. The zero-order chi connectivity index (χ0) is 16.5. The van der Waals surface area contributed by atoms with Crippen molar-refractivity contribution in [3.05, 3.63) is 91.6 Å². The highest BCUT2D eigenvalue weighted by Gasteiger charge is 2.14. The second-order valence-corrected chi connectivity index (χ2v) is 4.63. The van der Waals surface area contributed by atoms with E-state index < -0.39 is 7.12 Å². The third-order valence-electron chi connectivity index (χ3n) is 3.13. The first-order valence-corrected chi connectivity index (χ1v) is 6.99. The molecule has 3 heteroatoms. The molecule has 2 nitrogen and oxygen atoms in total. The Balaban J connectivity index is 3.55. The van der Waals surface area contributed by atoms with Gasteiger partial charge in [-0.25, -0.2) is 0 Å².